The van der Waals surface area contributed by atoms with E-state index in [1.165, 1.54) is 31.2 Å². The van der Waals surface area contributed by atoms with E-state index in [4.69, 9.17) is 14.2 Å². The average molecular weight is 756 g/mol. The second kappa shape index (κ2) is 15.0. The number of hydrogen-bond donors (Lipinski definition) is 0. The molecule has 1 saturated heterocycles. The molecule has 0 saturated carbocycles. The van der Waals surface area contributed by atoms with E-state index >= 15 is 0 Å². The molecule has 1 fully saturated rings. The minimum atomic E-state index is -7.45. The van der Waals surface area contributed by atoms with Crippen molar-refractivity contribution in [2.45, 2.75) is 68.9 Å². The van der Waals surface area contributed by atoms with Crippen molar-refractivity contribution >= 4 is 17.9 Å². The topological polar surface area (TPSA) is 101 Å². The van der Waals surface area contributed by atoms with Crippen molar-refractivity contribution in [3.8, 4) is 17.2 Å². The molecule has 2 aromatic rings. The van der Waals surface area contributed by atoms with Crippen LogP contribution in [0.1, 0.15) is 43.0 Å². The number of morpholine rings is 1. The van der Waals surface area contributed by atoms with E-state index < -0.39 is 64.8 Å². The number of rotatable bonds is 15. The number of carbonyl (C=O) groups is 3. The lowest BCUT2D eigenvalue weighted by molar-refractivity contribution is -0.591. The first-order chi connectivity index (χ1) is 23.4. The lowest BCUT2D eigenvalue weighted by Crippen LogP contribution is -2.80. The Hall–Kier alpha value is -4.53. The SMILES string of the molecule is C=C(C)C(=O)OCCCCCCOc1ccc(C(=O)Oc2ccc(OC(=O)C(F)(F)C(F)(F)N3C(F)(F)C(F)(F)OC(F)(F)C3(F)F)cc2)cc1. The zero-order valence-electron chi connectivity index (χ0n) is 25.8. The maximum atomic E-state index is 14.4. The zero-order valence-corrected chi connectivity index (χ0v) is 25.8. The van der Waals surface area contributed by atoms with Crippen LogP contribution in [0.15, 0.2) is 60.7 Å². The second-order valence-corrected chi connectivity index (χ2v) is 10.6. The molecule has 0 radical (unpaired) electrons. The van der Waals surface area contributed by atoms with Gasteiger partial charge in [0.25, 0.3) is 0 Å². The summed E-state index contributed by atoms with van der Waals surface area (Å²) in [5, 5.41) is 0. The molecule has 1 aliphatic rings. The van der Waals surface area contributed by atoms with Crippen molar-refractivity contribution in [3.63, 3.8) is 0 Å². The smallest absolute Gasteiger partial charge is 0.439 e. The Labute approximate surface area is 279 Å². The van der Waals surface area contributed by atoms with Gasteiger partial charge in [-0.15, -0.1) is 0 Å². The van der Waals surface area contributed by atoms with Crippen molar-refractivity contribution in [1.82, 2.24) is 4.90 Å². The maximum Gasteiger partial charge on any atom is 0.439 e. The number of alkyl halides is 12. The predicted octanol–water partition coefficient (Wildman–Crippen LogP) is 7.80. The van der Waals surface area contributed by atoms with E-state index in [0.717, 1.165) is 25.0 Å². The number of nitrogens with zero attached hydrogens (tertiary/aromatic N) is 1. The zero-order chi connectivity index (χ0) is 38.6. The van der Waals surface area contributed by atoms with Crippen LogP contribution in [-0.4, -0.2) is 72.3 Å². The Morgan fingerprint density at radius 3 is 1.65 bits per heavy atom. The Morgan fingerprint density at radius 2 is 1.16 bits per heavy atom. The van der Waals surface area contributed by atoms with Crippen molar-refractivity contribution in [1.29, 1.82) is 0 Å². The summed E-state index contributed by atoms with van der Waals surface area (Å²) >= 11 is 0. The maximum absolute atomic E-state index is 14.4. The highest BCUT2D eigenvalue weighted by Gasteiger charge is 2.90. The minimum Gasteiger partial charge on any atom is -0.494 e. The summed E-state index contributed by atoms with van der Waals surface area (Å²) in [7, 11) is 0. The fourth-order valence-corrected chi connectivity index (χ4v) is 3.97. The number of benzene rings is 2. The molecule has 0 unspecified atom stereocenters. The van der Waals surface area contributed by atoms with E-state index in [1.807, 2.05) is 4.74 Å². The first-order valence-corrected chi connectivity index (χ1v) is 14.3. The van der Waals surface area contributed by atoms with Gasteiger partial charge in [-0.25, -0.2) is 19.1 Å². The van der Waals surface area contributed by atoms with E-state index in [2.05, 4.69) is 11.3 Å². The van der Waals surface area contributed by atoms with Crippen LogP contribution < -0.4 is 14.2 Å². The third-order valence-corrected chi connectivity index (χ3v) is 6.66. The van der Waals surface area contributed by atoms with Gasteiger partial charge in [0.15, 0.2) is 0 Å². The van der Waals surface area contributed by atoms with Crippen molar-refractivity contribution < 1.29 is 90.8 Å². The summed E-state index contributed by atoms with van der Waals surface area (Å²) in [5.74, 6) is -13.1. The Kier molecular flexibility index (Phi) is 12.0. The third kappa shape index (κ3) is 8.68. The number of unbranched alkanes of at least 4 members (excludes halogenated alkanes) is 3. The first kappa shape index (κ1) is 40.9. The molecule has 1 heterocycles. The van der Waals surface area contributed by atoms with Crippen LogP contribution in [0, 0.1) is 0 Å². The fraction of sp³-hybridized carbons (Fsp3) is 0.433. The minimum absolute atomic E-state index is 0.0306. The summed E-state index contributed by atoms with van der Waals surface area (Å²) in [4.78, 5) is 31.7. The van der Waals surface area contributed by atoms with E-state index in [-0.39, 0.29) is 17.9 Å². The molecule has 2 aromatic carbocycles. The largest absolute Gasteiger partial charge is 0.494 e. The fourth-order valence-electron chi connectivity index (χ4n) is 3.97. The van der Waals surface area contributed by atoms with Crippen molar-refractivity contribution in [2.75, 3.05) is 13.2 Å². The van der Waals surface area contributed by atoms with Crippen LogP contribution in [0.3, 0.4) is 0 Å². The van der Waals surface area contributed by atoms with E-state index in [9.17, 15) is 67.1 Å². The number of esters is 3. The Morgan fingerprint density at radius 1 is 0.706 bits per heavy atom. The van der Waals surface area contributed by atoms with Gasteiger partial charge in [-0.05, 0) is 81.1 Å². The van der Waals surface area contributed by atoms with E-state index in [0.29, 0.717) is 42.9 Å². The molecule has 0 spiro atoms. The van der Waals surface area contributed by atoms with Gasteiger partial charge in [0, 0.05) is 5.57 Å². The van der Waals surface area contributed by atoms with Gasteiger partial charge in [-0.2, -0.15) is 52.7 Å². The van der Waals surface area contributed by atoms with Gasteiger partial charge in [0.1, 0.15) is 17.2 Å². The molecule has 0 amide bonds. The molecular formula is C30H25F12NO8. The molecule has 3 rings (SSSR count). The van der Waals surface area contributed by atoms with Gasteiger partial charge in [-0.1, -0.05) is 11.5 Å². The van der Waals surface area contributed by atoms with Crippen LogP contribution in [0.2, 0.25) is 0 Å². The highest BCUT2D eigenvalue weighted by atomic mass is 19.4. The quantitative estimate of drug-likeness (QED) is 0.0450. The average Bonchev–Trinajstić information content (AvgIpc) is 3.01. The number of hydrogen-bond acceptors (Lipinski definition) is 9. The standard InChI is InChI=1S/C30H25F12NO8/c1-17(2)22(44)48-16-6-4-3-5-15-47-19-9-7-18(8-10-19)23(45)49-20-11-13-21(14-12-20)50-24(46)25(31,32)26(33,34)43-27(35,36)29(39,40)51-30(41,42)28(43,37)38/h7-14H,1,3-6,15-16H2,2H3. The van der Waals surface area contributed by atoms with Crippen LogP contribution in [-0.2, 0) is 19.1 Å². The van der Waals surface area contributed by atoms with Crippen molar-refractivity contribution in [2.24, 2.45) is 0 Å². The van der Waals surface area contributed by atoms with Gasteiger partial charge in [-0.3, -0.25) is 0 Å². The summed E-state index contributed by atoms with van der Waals surface area (Å²) in [5.41, 5.74) is 0.271. The van der Waals surface area contributed by atoms with E-state index in [1.54, 1.807) is 0 Å². The molecule has 282 valence electrons. The van der Waals surface area contributed by atoms with Gasteiger partial charge in [0.05, 0.1) is 18.8 Å². The van der Waals surface area contributed by atoms with Crippen LogP contribution in [0.25, 0.3) is 0 Å². The first-order valence-electron chi connectivity index (χ1n) is 14.3. The molecule has 0 aliphatic carbocycles. The molecule has 21 heteroatoms. The summed E-state index contributed by atoms with van der Waals surface area (Å²) in [6.45, 7) is 5.59. The van der Waals surface area contributed by atoms with Crippen molar-refractivity contribution in [3.05, 3.63) is 66.2 Å². The molecule has 0 bridgehead atoms. The number of ether oxygens (including phenoxy) is 5. The lowest BCUT2D eigenvalue weighted by Gasteiger charge is -2.49. The molecule has 0 atom stereocenters. The van der Waals surface area contributed by atoms with Gasteiger partial charge < -0.3 is 18.9 Å². The molecule has 1 aliphatic heterocycles. The summed E-state index contributed by atoms with van der Waals surface area (Å²) < 4.78 is 188. The van der Waals surface area contributed by atoms with Crippen LogP contribution in [0.5, 0.6) is 17.2 Å². The molecule has 51 heavy (non-hydrogen) atoms. The number of carbonyl (C=O) groups excluding carboxylic acids is 3. The normalized spacial score (nSPS) is 18.0. The van der Waals surface area contributed by atoms with Crippen LogP contribution >= 0.6 is 0 Å². The molecular weight excluding hydrogens is 730 g/mol. The lowest BCUT2D eigenvalue weighted by atomic mass is 10.1. The molecule has 0 N–H and O–H groups in total. The summed E-state index contributed by atoms with van der Waals surface area (Å²) in [6.07, 6.45) is -10.9. The predicted molar refractivity (Wildman–Crippen MR) is 146 cm³/mol. The summed E-state index contributed by atoms with van der Waals surface area (Å²) in [6, 6.07) is -13.9. The highest BCUT2D eigenvalue weighted by Crippen LogP contribution is 2.60. The second-order valence-electron chi connectivity index (χ2n) is 10.6. The Bertz CT molecular complexity index is 1560. The highest BCUT2D eigenvalue weighted by molar-refractivity contribution is 5.91. The monoisotopic (exact) mass is 755 g/mol. The Balaban J connectivity index is 1.55. The number of halogens is 12. The molecule has 9 nitrogen and oxygen atoms in total. The van der Waals surface area contributed by atoms with Gasteiger partial charge in [0.2, 0.25) is 0 Å². The third-order valence-electron chi connectivity index (χ3n) is 6.66. The molecule has 0 aromatic heterocycles. The van der Waals surface area contributed by atoms with Gasteiger partial charge >= 0.3 is 54.2 Å². The van der Waals surface area contributed by atoms with Crippen LogP contribution in [0.4, 0.5) is 52.7 Å².